The first-order chi connectivity index (χ1) is 10.9. The molecule has 130 valence electrons. The van der Waals surface area contributed by atoms with Crippen LogP contribution < -0.4 is 5.73 Å². The van der Waals surface area contributed by atoms with Gasteiger partial charge < -0.3 is 10.5 Å². The predicted octanol–water partition coefficient (Wildman–Crippen LogP) is 2.65. The largest absolute Gasteiger partial charge is 0.378 e. The van der Waals surface area contributed by atoms with Crippen LogP contribution >= 0.6 is 23.2 Å². The summed E-state index contributed by atoms with van der Waals surface area (Å²) in [4.78, 5) is 0. The molecule has 1 saturated heterocycles. The summed E-state index contributed by atoms with van der Waals surface area (Å²) in [6.45, 7) is 2.21. The maximum atomic E-state index is 12.5. The van der Waals surface area contributed by atoms with Crippen LogP contribution in [0.15, 0.2) is 18.2 Å². The summed E-state index contributed by atoms with van der Waals surface area (Å²) in [5.41, 5.74) is 6.07. The normalized spacial score (nSPS) is 17.5. The third kappa shape index (κ3) is 5.59. The second kappa shape index (κ2) is 8.65. The van der Waals surface area contributed by atoms with E-state index >= 15 is 0 Å². The standard InChI is InChI=1S/C15H22Cl2N2O3S/c16-14-3-2-12(10-15(14)17)11-23(20,21)19-7-4-13(5-8-19)22-9-1-6-18/h2-3,10,13H,1,4-9,11,18H2. The van der Waals surface area contributed by atoms with E-state index in [4.69, 9.17) is 33.7 Å². The molecule has 2 N–H and O–H groups in total. The summed E-state index contributed by atoms with van der Waals surface area (Å²) in [6, 6.07) is 4.91. The van der Waals surface area contributed by atoms with Gasteiger partial charge in [0.2, 0.25) is 10.0 Å². The molecule has 8 heteroatoms. The van der Waals surface area contributed by atoms with E-state index in [1.807, 2.05) is 0 Å². The molecule has 1 fully saturated rings. The minimum Gasteiger partial charge on any atom is -0.378 e. The molecule has 0 radical (unpaired) electrons. The van der Waals surface area contributed by atoms with Crippen LogP contribution in [0.4, 0.5) is 0 Å². The molecular weight excluding hydrogens is 359 g/mol. The fourth-order valence-electron chi connectivity index (χ4n) is 2.54. The van der Waals surface area contributed by atoms with Gasteiger partial charge in [0.25, 0.3) is 0 Å². The fourth-order valence-corrected chi connectivity index (χ4v) is 4.41. The molecular formula is C15H22Cl2N2O3S. The molecule has 1 aliphatic rings. The Kier molecular flexibility index (Phi) is 7.13. The lowest BCUT2D eigenvalue weighted by molar-refractivity contribution is 0.0208. The molecule has 1 aromatic carbocycles. The highest BCUT2D eigenvalue weighted by Crippen LogP contribution is 2.25. The molecule has 0 spiro atoms. The number of nitrogens with two attached hydrogens (primary N) is 1. The Bertz CT molecular complexity index is 617. The van der Waals surface area contributed by atoms with Crippen LogP contribution in [0.1, 0.15) is 24.8 Å². The minimum atomic E-state index is -3.36. The zero-order chi connectivity index (χ0) is 16.9. The van der Waals surface area contributed by atoms with Crippen LogP contribution in [0, 0.1) is 0 Å². The fraction of sp³-hybridized carbons (Fsp3) is 0.600. The molecule has 0 atom stereocenters. The van der Waals surface area contributed by atoms with E-state index in [1.165, 1.54) is 4.31 Å². The van der Waals surface area contributed by atoms with E-state index in [0.717, 1.165) is 6.42 Å². The van der Waals surface area contributed by atoms with Gasteiger partial charge in [-0.25, -0.2) is 12.7 Å². The molecule has 0 saturated carbocycles. The second-order valence-electron chi connectivity index (χ2n) is 5.62. The zero-order valence-corrected chi connectivity index (χ0v) is 15.2. The molecule has 1 aliphatic heterocycles. The van der Waals surface area contributed by atoms with Gasteiger partial charge in [0.15, 0.2) is 0 Å². The van der Waals surface area contributed by atoms with Crippen molar-refractivity contribution in [1.29, 1.82) is 0 Å². The van der Waals surface area contributed by atoms with E-state index in [2.05, 4.69) is 0 Å². The molecule has 1 aromatic rings. The SMILES string of the molecule is NCCCOC1CCN(S(=O)(=O)Cc2ccc(Cl)c(Cl)c2)CC1. The van der Waals surface area contributed by atoms with Crippen molar-refractivity contribution in [3.8, 4) is 0 Å². The van der Waals surface area contributed by atoms with Gasteiger partial charge in [-0.3, -0.25) is 0 Å². The average Bonchev–Trinajstić information content (AvgIpc) is 2.51. The monoisotopic (exact) mass is 380 g/mol. The van der Waals surface area contributed by atoms with Gasteiger partial charge in [0.05, 0.1) is 21.9 Å². The lowest BCUT2D eigenvalue weighted by Gasteiger charge is -2.31. The van der Waals surface area contributed by atoms with Crippen LogP contribution in [0.25, 0.3) is 0 Å². The van der Waals surface area contributed by atoms with Crippen molar-refractivity contribution >= 4 is 33.2 Å². The van der Waals surface area contributed by atoms with Crippen LogP contribution in [0.5, 0.6) is 0 Å². The first kappa shape index (κ1) is 19.0. The van der Waals surface area contributed by atoms with Gasteiger partial charge >= 0.3 is 0 Å². The van der Waals surface area contributed by atoms with Crippen LogP contribution in [-0.4, -0.2) is 45.1 Å². The van der Waals surface area contributed by atoms with Crippen molar-refractivity contribution in [3.63, 3.8) is 0 Å². The Morgan fingerprint density at radius 3 is 2.52 bits per heavy atom. The van der Waals surface area contributed by atoms with Gasteiger partial charge in [-0.15, -0.1) is 0 Å². The lowest BCUT2D eigenvalue weighted by atomic mass is 10.1. The topological polar surface area (TPSA) is 72.6 Å². The van der Waals surface area contributed by atoms with Crippen LogP contribution in [0.3, 0.4) is 0 Å². The number of hydrogen-bond donors (Lipinski definition) is 1. The van der Waals surface area contributed by atoms with Gasteiger partial charge in [-0.05, 0) is 43.5 Å². The molecule has 0 aromatic heterocycles. The summed E-state index contributed by atoms with van der Waals surface area (Å²) in [6.07, 6.45) is 2.38. The molecule has 5 nitrogen and oxygen atoms in total. The zero-order valence-electron chi connectivity index (χ0n) is 12.9. The number of piperidine rings is 1. The van der Waals surface area contributed by atoms with Crippen LogP contribution in [-0.2, 0) is 20.5 Å². The Balaban J connectivity index is 1.89. The first-order valence-electron chi connectivity index (χ1n) is 7.66. The second-order valence-corrected chi connectivity index (χ2v) is 8.40. The summed E-state index contributed by atoms with van der Waals surface area (Å²) in [5.74, 6) is -0.0669. The van der Waals surface area contributed by atoms with Crippen molar-refractivity contribution in [1.82, 2.24) is 4.31 Å². The van der Waals surface area contributed by atoms with Crippen molar-refractivity contribution in [3.05, 3.63) is 33.8 Å². The third-order valence-corrected chi connectivity index (χ3v) is 6.42. The highest BCUT2D eigenvalue weighted by Gasteiger charge is 2.28. The van der Waals surface area contributed by atoms with Gasteiger partial charge in [-0.2, -0.15) is 0 Å². The van der Waals surface area contributed by atoms with Gasteiger partial charge in [0, 0.05) is 19.7 Å². The number of nitrogens with zero attached hydrogens (tertiary/aromatic N) is 1. The lowest BCUT2D eigenvalue weighted by Crippen LogP contribution is -2.41. The Morgan fingerprint density at radius 2 is 1.91 bits per heavy atom. The highest BCUT2D eigenvalue weighted by atomic mass is 35.5. The summed E-state index contributed by atoms with van der Waals surface area (Å²) in [7, 11) is -3.36. The van der Waals surface area contributed by atoms with Crippen molar-refractivity contribution < 1.29 is 13.2 Å². The van der Waals surface area contributed by atoms with Crippen LogP contribution in [0.2, 0.25) is 10.0 Å². The molecule has 2 rings (SSSR count). The average molecular weight is 381 g/mol. The summed E-state index contributed by atoms with van der Waals surface area (Å²) in [5, 5.41) is 0.787. The Hall–Kier alpha value is -0.370. The van der Waals surface area contributed by atoms with E-state index in [-0.39, 0.29) is 11.9 Å². The van der Waals surface area contributed by atoms with Gasteiger partial charge in [-0.1, -0.05) is 29.3 Å². The maximum absolute atomic E-state index is 12.5. The number of benzene rings is 1. The molecule has 1 heterocycles. The van der Waals surface area contributed by atoms with E-state index in [1.54, 1.807) is 18.2 Å². The third-order valence-electron chi connectivity index (χ3n) is 3.83. The summed E-state index contributed by atoms with van der Waals surface area (Å²) >= 11 is 11.8. The molecule has 0 bridgehead atoms. The predicted molar refractivity (Wildman–Crippen MR) is 93.3 cm³/mol. The van der Waals surface area contributed by atoms with Crippen molar-refractivity contribution in [2.24, 2.45) is 5.73 Å². The highest BCUT2D eigenvalue weighted by molar-refractivity contribution is 7.88. The maximum Gasteiger partial charge on any atom is 0.218 e. The quantitative estimate of drug-likeness (QED) is 0.737. The smallest absolute Gasteiger partial charge is 0.218 e. The number of sulfonamides is 1. The Labute approximate surface area is 147 Å². The number of hydrogen-bond acceptors (Lipinski definition) is 4. The number of rotatable bonds is 7. The van der Waals surface area contributed by atoms with E-state index in [9.17, 15) is 8.42 Å². The number of halogens is 2. The van der Waals surface area contributed by atoms with Crippen molar-refractivity contribution in [2.75, 3.05) is 26.2 Å². The number of ether oxygens (including phenoxy) is 1. The van der Waals surface area contributed by atoms with Gasteiger partial charge in [0.1, 0.15) is 0 Å². The Morgan fingerprint density at radius 1 is 1.22 bits per heavy atom. The van der Waals surface area contributed by atoms with E-state index in [0.29, 0.717) is 54.7 Å². The van der Waals surface area contributed by atoms with Crippen molar-refractivity contribution in [2.45, 2.75) is 31.1 Å². The van der Waals surface area contributed by atoms with E-state index < -0.39 is 10.0 Å². The summed E-state index contributed by atoms with van der Waals surface area (Å²) < 4.78 is 32.2. The minimum absolute atomic E-state index is 0.0669. The molecule has 23 heavy (non-hydrogen) atoms. The molecule has 0 amide bonds. The molecule has 0 unspecified atom stereocenters. The first-order valence-corrected chi connectivity index (χ1v) is 10.0. The molecule has 0 aliphatic carbocycles.